The Balaban J connectivity index is -0.000000187. The van der Waals surface area contributed by atoms with E-state index >= 15 is 0 Å². The summed E-state index contributed by atoms with van der Waals surface area (Å²) < 4.78 is 4.93. The average molecular weight is 488 g/mol. The van der Waals surface area contributed by atoms with Gasteiger partial charge in [0.15, 0.2) is 0 Å². The van der Waals surface area contributed by atoms with Gasteiger partial charge in [0, 0.05) is 11.9 Å². The molecule has 0 atom stereocenters. The maximum atomic E-state index is 11.0. The van der Waals surface area contributed by atoms with Gasteiger partial charge in [0.1, 0.15) is 6.61 Å². The van der Waals surface area contributed by atoms with Crippen molar-refractivity contribution in [2.24, 2.45) is 0 Å². The molecule has 1 aromatic carbocycles. The molecule has 5 heteroatoms. The van der Waals surface area contributed by atoms with Gasteiger partial charge in [-0.2, -0.15) is 0 Å². The molecule has 30 heavy (non-hydrogen) atoms. The molecule has 0 saturated carbocycles. The van der Waals surface area contributed by atoms with E-state index in [0.717, 1.165) is 30.2 Å². The molecule has 0 saturated heterocycles. The number of hydrogen-bond donors (Lipinski definition) is 1. The van der Waals surface area contributed by atoms with Crippen LogP contribution < -0.4 is 34.9 Å². The molecule has 0 heterocycles. The number of unbranched alkanes of at least 4 members (excludes halogenated alkanes) is 5. The van der Waals surface area contributed by atoms with Crippen molar-refractivity contribution < 1.29 is 40.5 Å². The fourth-order valence-electron chi connectivity index (χ4n) is 1.91. The van der Waals surface area contributed by atoms with Crippen LogP contribution in [0, 0.1) is 0 Å². The average Bonchev–Trinajstić information content (AvgIpc) is 2.76. The third-order valence-corrected chi connectivity index (χ3v) is 4.02. The molecule has 0 fully saturated rings. The van der Waals surface area contributed by atoms with E-state index in [4.69, 9.17) is 4.74 Å². The summed E-state index contributed by atoms with van der Waals surface area (Å²) in [5, 5.41) is 3.62. The first-order valence-corrected chi connectivity index (χ1v) is 11.2. The Hall–Kier alpha value is -1.07. The second kappa shape index (κ2) is 30.1. The van der Waals surface area contributed by atoms with E-state index in [1.54, 1.807) is 6.08 Å². The molecule has 1 aromatic rings. The van der Waals surface area contributed by atoms with Crippen LogP contribution in [-0.4, -0.2) is 18.0 Å². The van der Waals surface area contributed by atoms with Gasteiger partial charge >= 0.3 is 35.7 Å². The smallest absolute Gasteiger partial charge is 1.00 e. The number of allylic oxidation sites excluding steroid dienone is 3. The minimum atomic E-state index is -0.422. The van der Waals surface area contributed by atoms with E-state index in [9.17, 15) is 4.79 Å². The Morgan fingerprint density at radius 1 is 0.900 bits per heavy atom. The number of alkyl carbamates (subject to hydrolysis) is 1. The van der Waals surface area contributed by atoms with Gasteiger partial charge in [-0.3, -0.25) is 0 Å². The zero-order chi connectivity index (χ0) is 22.0. The third-order valence-electron chi connectivity index (χ3n) is 3.46. The summed E-state index contributed by atoms with van der Waals surface area (Å²) in [7, 11) is 0. The SMILES string of the molecule is C=CCCCBr.C=CCCCCCC=C.C=CCNC(=O)OCc1ccccc1.[H-].[Na+]. The van der Waals surface area contributed by atoms with Crippen LogP contribution in [0.3, 0.4) is 0 Å². The Morgan fingerprint density at radius 3 is 1.87 bits per heavy atom. The van der Waals surface area contributed by atoms with Crippen LogP contribution in [0.25, 0.3) is 0 Å². The van der Waals surface area contributed by atoms with Gasteiger partial charge < -0.3 is 11.5 Å². The third kappa shape index (κ3) is 29.1. The molecule has 1 N–H and O–H groups in total. The van der Waals surface area contributed by atoms with Gasteiger partial charge in [0.05, 0.1) is 0 Å². The van der Waals surface area contributed by atoms with E-state index in [1.807, 2.05) is 48.6 Å². The van der Waals surface area contributed by atoms with Crippen LogP contribution in [0.4, 0.5) is 4.79 Å². The van der Waals surface area contributed by atoms with Crippen molar-refractivity contribution in [3.05, 3.63) is 86.5 Å². The second-order valence-corrected chi connectivity index (χ2v) is 6.86. The molecule has 0 radical (unpaired) electrons. The number of nitrogens with one attached hydrogen (secondary N) is 1. The van der Waals surface area contributed by atoms with Gasteiger partial charge in [-0.05, 0) is 44.1 Å². The summed E-state index contributed by atoms with van der Waals surface area (Å²) in [6, 6.07) is 9.53. The number of carbonyl (C=O) groups excluding carboxylic acids is 1. The first kappa shape index (κ1) is 33.6. The molecule has 0 aromatic heterocycles. The van der Waals surface area contributed by atoms with Crippen LogP contribution in [0.5, 0.6) is 0 Å². The minimum absolute atomic E-state index is 0. The number of benzene rings is 1. The predicted molar refractivity (Wildman–Crippen MR) is 133 cm³/mol. The Labute approximate surface area is 216 Å². The van der Waals surface area contributed by atoms with E-state index in [2.05, 4.69) is 47.6 Å². The topological polar surface area (TPSA) is 38.3 Å². The Morgan fingerprint density at radius 2 is 1.43 bits per heavy atom. The quantitative estimate of drug-likeness (QED) is 0.186. The number of hydrogen-bond acceptors (Lipinski definition) is 2. The maximum absolute atomic E-state index is 11.0. The molecular weight excluding hydrogens is 449 g/mol. The van der Waals surface area contributed by atoms with E-state index in [0.29, 0.717) is 13.2 Å². The van der Waals surface area contributed by atoms with Gasteiger partial charge in [-0.1, -0.05) is 77.0 Å². The largest absolute Gasteiger partial charge is 1.00 e. The number of ether oxygens (including phenoxy) is 1. The molecule has 3 nitrogen and oxygen atoms in total. The van der Waals surface area contributed by atoms with Gasteiger partial charge in [-0.15, -0.1) is 26.3 Å². The first-order valence-electron chi connectivity index (χ1n) is 10.1. The number of alkyl halides is 1. The summed E-state index contributed by atoms with van der Waals surface area (Å²) in [6.45, 7) is 15.1. The van der Waals surface area contributed by atoms with Gasteiger partial charge in [0.2, 0.25) is 0 Å². The van der Waals surface area contributed by atoms with Crippen LogP contribution in [0.2, 0.25) is 0 Å². The molecule has 0 aliphatic heterocycles. The first-order chi connectivity index (χ1) is 14.2. The molecule has 0 unspecified atom stereocenters. The number of carbonyl (C=O) groups is 1. The van der Waals surface area contributed by atoms with Crippen molar-refractivity contribution in [2.75, 3.05) is 11.9 Å². The zero-order valence-corrected chi connectivity index (χ0v) is 22.4. The molecule has 0 aliphatic rings. The number of amides is 1. The van der Waals surface area contributed by atoms with E-state index in [1.165, 1.54) is 25.7 Å². The van der Waals surface area contributed by atoms with E-state index in [-0.39, 0.29) is 31.0 Å². The molecule has 0 bridgehead atoms. The van der Waals surface area contributed by atoms with Crippen LogP contribution in [0.15, 0.2) is 81.0 Å². The predicted octanol–water partition coefficient (Wildman–Crippen LogP) is 4.87. The summed E-state index contributed by atoms with van der Waals surface area (Å²) in [5.74, 6) is 0. The van der Waals surface area contributed by atoms with Crippen LogP contribution >= 0.6 is 15.9 Å². The fraction of sp³-hybridized carbons (Fsp3) is 0.400. The maximum Gasteiger partial charge on any atom is 1.00 e. The monoisotopic (exact) mass is 487 g/mol. The second-order valence-electron chi connectivity index (χ2n) is 6.07. The number of halogens is 1. The normalized spacial score (nSPS) is 8.57. The number of rotatable bonds is 13. The van der Waals surface area contributed by atoms with Gasteiger partial charge in [0.25, 0.3) is 0 Å². The standard InChI is InChI=1S/C11H13NO2.C9H16.C5H9Br.Na.H/c1-2-8-12-11(13)14-9-10-6-4-3-5-7-10;1-3-5-7-9-8-6-4-2;1-2-3-4-5-6;;/h2-7H,1,8-9H2,(H,12,13);3-4H,1-2,5-9H2;2H,1,3-5H2;;/q;;;+1;-1. The fourth-order valence-corrected chi connectivity index (χ4v) is 2.23. The zero-order valence-electron chi connectivity index (χ0n) is 19.8. The van der Waals surface area contributed by atoms with Crippen molar-refractivity contribution in [1.82, 2.24) is 5.32 Å². The van der Waals surface area contributed by atoms with Crippen molar-refractivity contribution in [3.8, 4) is 0 Å². The summed E-state index contributed by atoms with van der Waals surface area (Å²) in [6.07, 6.45) is 15.6. The molecular formula is C25H39BrNNaO2. The van der Waals surface area contributed by atoms with Crippen molar-refractivity contribution in [2.45, 2.75) is 51.6 Å². The van der Waals surface area contributed by atoms with Crippen molar-refractivity contribution in [1.29, 1.82) is 0 Å². The minimum Gasteiger partial charge on any atom is -1.00 e. The van der Waals surface area contributed by atoms with Crippen molar-refractivity contribution >= 4 is 22.0 Å². The van der Waals surface area contributed by atoms with E-state index < -0.39 is 6.09 Å². The molecule has 164 valence electrons. The molecule has 0 spiro atoms. The van der Waals surface area contributed by atoms with Gasteiger partial charge in [-0.25, -0.2) is 4.79 Å². The van der Waals surface area contributed by atoms with Crippen LogP contribution in [-0.2, 0) is 11.3 Å². The Bertz CT molecular complexity index is 532. The Kier molecular flexibility index (Phi) is 33.7. The summed E-state index contributed by atoms with van der Waals surface area (Å²) >= 11 is 3.30. The molecule has 1 rings (SSSR count). The molecule has 1 amide bonds. The van der Waals surface area contributed by atoms with Crippen LogP contribution in [0.1, 0.15) is 51.9 Å². The van der Waals surface area contributed by atoms with Crippen molar-refractivity contribution in [3.63, 3.8) is 0 Å². The molecule has 0 aliphatic carbocycles. The summed E-state index contributed by atoms with van der Waals surface area (Å²) in [4.78, 5) is 11.0. The summed E-state index contributed by atoms with van der Waals surface area (Å²) in [5.41, 5.74) is 0.973.